The third-order valence-corrected chi connectivity index (χ3v) is 15.3. The largest absolute Gasteiger partial charge is 0.310 e. The zero-order chi connectivity index (χ0) is 42.6. The van der Waals surface area contributed by atoms with E-state index in [1.54, 1.807) is 0 Å². The van der Waals surface area contributed by atoms with E-state index in [-0.39, 0.29) is 0 Å². The Morgan fingerprint density at radius 1 is 0.369 bits per heavy atom. The first-order valence-corrected chi connectivity index (χ1v) is 23.2. The lowest BCUT2D eigenvalue weighted by Gasteiger charge is -2.45. The molecule has 2 aliphatic rings. The molecule has 0 amide bonds. The lowest BCUT2D eigenvalue weighted by molar-refractivity contribution is 0.752. The molecule has 3 heterocycles. The number of rotatable bonds is 4. The van der Waals surface area contributed by atoms with E-state index >= 15 is 0 Å². The summed E-state index contributed by atoms with van der Waals surface area (Å²) in [5.41, 5.74) is 17.7. The van der Waals surface area contributed by atoms with Crippen molar-refractivity contribution in [2.75, 3.05) is 4.90 Å². The molecule has 14 rings (SSSR count). The fourth-order valence-electron chi connectivity index (χ4n) is 11.5. The Balaban J connectivity index is 0.920. The van der Waals surface area contributed by atoms with Crippen molar-refractivity contribution in [1.29, 1.82) is 0 Å². The smallest absolute Gasteiger partial charge is 0.0754 e. The van der Waals surface area contributed by atoms with E-state index in [0.29, 0.717) is 0 Å². The monoisotopic (exact) mass is 842 g/mol. The molecule has 302 valence electrons. The first-order chi connectivity index (χ1) is 32.3. The maximum absolute atomic E-state index is 5.28. The third kappa shape index (κ3) is 5.07. The van der Waals surface area contributed by atoms with E-state index in [1.165, 1.54) is 103 Å². The standard InChI is InChI=1S/C62H38N2S/c1-2-17-41(18-3-1)64-56-30-13-11-28-53(56)62(54-29-12-14-31-57(54)64)51-27-10-8-19-42(51)50-37-39(33-35-52(50)62)55-36-34-40(38-63-55)59-44-21-4-6-23-46(44)60(47-24-7-5-22-45(47)59)49-26-16-25-48-43-20-9-15-32-58(43)65-61(48)49/h1-38H. The van der Waals surface area contributed by atoms with E-state index in [9.17, 15) is 0 Å². The molecule has 2 aromatic heterocycles. The van der Waals surface area contributed by atoms with Crippen LogP contribution in [-0.4, -0.2) is 4.98 Å². The van der Waals surface area contributed by atoms with Crippen LogP contribution in [0.25, 0.3) is 86.4 Å². The van der Waals surface area contributed by atoms with Crippen LogP contribution in [0.1, 0.15) is 22.3 Å². The minimum atomic E-state index is -0.489. The fraction of sp³-hybridized carbons (Fsp3) is 0.0161. The summed E-state index contributed by atoms with van der Waals surface area (Å²) in [6.45, 7) is 0. The summed E-state index contributed by atoms with van der Waals surface area (Å²) in [5, 5.41) is 7.59. The molecule has 0 atom stereocenters. The number of para-hydroxylation sites is 3. The number of benzene rings is 10. The zero-order valence-corrected chi connectivity index (χ0v) is 36.1. The maximum Gasteiger partial charge on any atom is 0.0754 e. The first-order valence-electron chi connectivity index (χ1n) is 22.4. The molecule has 0 N–H and O–H groups in total. The average Bonchev–Trinajstić information content (AvgIpc) is 3.90. The highest BCUT2D eigenvalue weighted by Crippen LogP contribution is 2.63. The Labute approximate surface area is 381 Å². The molecule has 12 aromatic rings. The molecule has 1 spiro atoms. The Kier molecular flexibility index (Phi) is 7.80. The Morgan fingerprint density at radius 2 is 0.908 bits per heavy atom. The minimum Gasteiger partial charge on any atom is -0.310 e. The second-order valence-electron chi connectivity index (χ2n) is 17.3. The number of thiophene rings is 1. The van der Waals surface area contributed by atoms with Crippen molar-refractivity contribution < 1.29 is 0 Å². The minimum absolute atomic E-state index is 0.489. The SMILES string of the molecule is c1ccc(N2c3ccccc3C3(c4ccccc4-c4cc(-c5ccc(-c6c7ccccc7c(-c7cccc8c7sc7ccccc78)c7ccccc67)cn5)ccc43)c3ccccc32)cc1. The van der Waals surface area contributed by atoms with Gasteiger partial charge in [0.1, 0.15) is 0 Å². The number of fused-ring (bicyclic) bond motifs is 14. The number of hydrogen-bond acceptors (Lipinski definition) is 3. The molecule has 0 saturated carbocycles. The van der Waals surface area contributed by atoms with Crippen LogP contribution in [0.2, 0.25) is 0 Å². The van der Waals surface area contributed by atoms with E-state index < -0.39 is 5.41 Å². The second kappa shape index (κ2) is 13.9. The van der Waals surface area contributed by atoms with Crippen LogP contribution in [0.4, 0.5) is 17.1 Å². The molecule has 1 aliphatic heterocycles. The van der Waals surface area contributed by atoms with Crippen molar-refractivity contribution in [3.8, 4) is 44.6 Å². The molecule has 0 radical (unpaired) electrons. The summed E-state index contributed by atoms with van der Waals surface area (Å²) in [6.07, 6.45) is 2.09. The molecule has 2 nitrogen and oxygen atoms in total. The van der Waals surface area contributed by atoms with Crippen LogP contribution in [-0.2, 0) is 5.41 Å². The van der Waals surface area contributed by atoms with Gasteiger partial charge in [-0.15, -0.1) is 11.3 Å². The molecular formula is C62H38N2S. The fourth-order valence-corrected chi connectivity index (χ4v) is 12.7. The maximum atomic E-state index is 5.28. The van der Waals surface area contributed by atoms with Crippen LogP contribution >= 0.6 is 11.3 Å². The van der Waals surface area contributed by atoms with Gasteiger partial charge in [-0.1, -0.05) is 182 Å². The topological polar surface area (TPSA) is 16.1 Å². The van der Waals surface area contributed by atoms with Crippen LogP contribution in [0.5, 0.6) is 0 Å². The highest BCUT2D eigenvalue weighted by Gasteiger charge is 2.51. The average molecular weight is 843 g/mol. The van der Waals surface area contributed by atoms with Gasteiger partial charge in [0.25, 0.3) is 0 Å². The molecule has 10 aromatic carbocycles. The molecule has 3 heteroatoms. The zero-order valence-electron chi connectivity index (χ0n) is 35.2. The first kappa shape index (κ1) is 36.4. The highest BCUT2D eigenvalue weighted by atomic mass is 32.1. The molecule has 1 aliphatic carbocycles. The predicted molar refractivity (Wildman–Crippen MR) is 274 cm³/mol. The van der Waals surface area contributed by atoms with Gasteiger partial charge in [0.2, 0.25) is 0 Å². The lowest BCUT2D eigenvalue weighted by Crippen LogP contribution is -2.36. The van der Waals surface area contributed by atoms with Crippen molar-refractivity contribution in [2.45, 2.75) is 5.41 Å². The van der Waals surface area contributed by atoms with E-state index in [4.69, 9.17) is 4.98 Å². The van der Waals surface area contributed by atoms with Crippen molar-refractivity contribution in [2.24, 2.45) is 0 Å². The molecule has 0 bridgehead atoms. The highest BCUT2D eigenvalue weighted by molar-refractivity contribution is 7.26. The van der Waals surface area contributed by atoms with Crippen molar-refractivity contribution in [3.05, 3.63) is 253 Å². The van der Waals surface area contributed by atoms with Crippen molar-refractivity contribution in [1.82, 2.24) is 4.98 Å². The third-order valence-electron chi connectivity index (χ3n) is 14.1. The summed E-state index contributed by atoms with van der Waals surface area (Å²) in [7, 11) is 0. The number of aromatic nitrogens is 1. The number of pyridine rings is 1. The van der Waals surface area contributed by atoms with E-state index in [2.05, 4.69) is 236 Å². The van der Waals surface area contributed by atoms with Gasteiger partial charge in [0.05, 0.1) is 22.5 Å². The Morgan fingerprint density at radius 3 is 1.60 bits per heavy atom. The van der Waals surface area contributed by atoms with Crippen molar-refractivity contribution >= 4 is 70.1 Å². The van der Waals surface area contributed by atoms with E-state index in [1.807, 2.05) is 11.3 Å². The van der Waals surface area contributed by atoms with E-state index in [0.717, 1.165) is 22.5 Å². The number of anilines is 3. The summed E-state index contributed by atoms with van der Waals surface area (Å²) in [6, 6.07) is 82.8. The summed E-state index contributed by atoms with van der Waals surface area (Å²) < 4.78 is 2.65. The van der Waals surface area contributed by atoms with Crippen LogP contribution in [0.3, 0.4) is 0 Å². The Bertz CT molecular complexity index is 3800. The summed E-state index contributed by atoms with van der Waals surface area (Å²) >= 11 is 1.89. The molecule has 65 heavy (non-hydrogen) atoms. The molecular weight excluding hydrogens is 805 g/mol. The number of nitrogens with zero attached hydrogens (tertiary/aromatic N) is 2. The van der Waals surface area contributed by atoms with Gasteiger partial charge < -0.3 is 4.90 Å². The lowest BCUT2D eigenvalue weighted by atomic mass is 9.64. The van der Waals surface area contributed by atoms with Gasteiger partial charge in [0.15, 0.2) is 0 Å². The quantitative estimate of drug-likeness (QED) is 0.164. The van der Waals surface area contributed by atoms with Gasteiger partial charge in [-0.05, 0) is 109 Å². The van der Waals surface area contributed by atoms with Gasteiger partial charge in [-0.2, -0.15) is 0 Å². The number of hydrogen-bond donors (Lipinski definition) is 0. The van der Waals surface area contributed by atoms with Crippen LogP contribution in [0.15, 0.2) is 231 Å². The van der Waals surface area contributed by atoms with Gasteiger partial charge in [-0.3, -0.25) is 4.98 Å². The van der Waals surface area contributed by atoms with Crippen LogP contribution < -0.4 is 4.90 Å². The summed E-state index contributed by atoms with van der Waals surface area (Å²) in [5.74, 6) is 0. The van der Waals surface area contributed by atoms with Crippen LogP contribution in [0, 0.1) is 0 Å². The predicted octanol–water partition coefficient (Wildman–Crippen LogP) is 16.9. The van der Waals surface area contributed by atoms with Gasteiger partial charge >= 0.3 is 0 Å². The van der Waals surface area contributed by atoms with Gasteiger partial charge in [-0.25, -0.2) is 0 Å². The molecule has 0 unspecified atom stereocenters. The van der Waals surface area contributed by atoms with Gasteiger partial charge in [0, 0.05) is 48.7 Å². The Hall–Kier alpha value is -8.11. The summed E-state index contributed by atoms with van der Waals surface area (Å²) in [4.78, 5) is 7.71. The normalized spacial score (nSPS) is 13.3. The van der Waals surface area contributed by atoms with Crippen molar-refractivity contribution in [3.63, 3.8) is 0 Å². The molecule has 0 fully saturated rings. The molecule has 0 saturated heterocycles. The second-order valence-corrected chi connectivity index (χ2v) is 18.4.